The van der Waals surface area contributed by atoms with Crippen LogP contribution in [0, 0.1) is 0 Å². The summed E-state index contributed by atoms with van der Waals surface area (Å²) in [4.78, 5) is 7.40. The normalized spacial score (nSPS) is 12.9. The number of rotatable bonds is 5. The van der Waals surface area contributed by atoms with Gasteiger partial charge in [-0.15, -0.1) is 0 Å². The highest BCUT2D eigenvalue weighted by atomic mass is 32.1. The third-order valence-corrected chi connectivity index (χ3v) is 3.05. The van der Waals surface area contributed by atoms with Crippen molar-refractivity contribution >= 4 is 11.3 Å². The van der Waals surface area contributed by atoms with Crippen LogP contribution >= 0.6 is 11.3 Å². The number of hydrogen-bond donors (Lipinski definition) is 2. The standard InChI is InChI=1S/C11H15N3S/c1-2-12-10(9-3-6-15-8-9)7-11-13-4-5-14-11/h3-6,8,10,12H,2,7H2,1H3,(H,13,14). The van der Waals surface area contributed by atoms with E-state index < -0.39 is 0 Å². The highest BCUT2D eigenvalue weighted by Gasteiger charge is 2.12. The minimum Gasteiger partial charge on any atom is -0.349 e. The number of nitrogens with one attached hydrogen (secondary N) is 2. The average Bonchev–Trinajstić information content (AvgIpc) is 2.89. The van der Waals surface area contributed by atoms with E-state index in [4.69, 9.17) is 0 Å². The van der Waals surface area contributed by atoms with Gasteiger partial charge in [0, 0.05) is 24.9 Å². The molecule has 0 fully saturated rings. The van der Waals surface area contributed by atoms with Gasteiger partial charge in [0.05, 0.1) is 0 Å². The third-order valence-electron chi connectivity index (χ3n) is 2.35. The maximum Gasteiger partial charge on any atom is 0.107 e. The zero-order valence-electron chi connectivity index (χ0n) is 8.73. The molecule has 2 aromatic heterocycles. The molecule has 1 atom stereocenters. The monoisotopic (exact) mass is 221 g/mol. The Balaban J connectivity index is 2.07. The molecule has 2 heterocycles. The molecule has 1 unspecified atom stereocenters. The highest BCUT2D eigenvalue weighted by molar-refractivity contribution is 7.07. The molecule has 0 amide bonds. The fourth-order valence-corrected chi connectivity index (χ4v) is 2.34. The fraction of sp³-hybridized carbons (Fsp3) is 0.364. The van der Waals surface area contributed by atoms with Crippen molar-refractivity contribution in [1.82, 2.24) is 15.3 Å². The highest BCUT2D eigenvalue weighted by Crippen LogP contribution is 2.19. The van der Waals surface area contributed by atoms with Gasteiger partial charge in [0.1, 0.15) is 5.82 Å². The van der Waals surface area contributed by atoms with Crippen LogP contribution in [0.5, 0.6) is 0 Å². The summed E-state index contributed by atoms with van der Waals surface area (Å²) in [6.45, 7) is 3.10. The summed E-state index contributed by atoms with van der Waals surface area (Å²) in [7, 11) is 0. The maximum atomic E-state index is 4.26. The molecule has 15 heavy (non-hydrogen) atoms. The third kappa shape index (κ3) is 2.67. The van der Waals surface area contributed by atoms with Crippen LogP contribution < -0.4 is 5.32 Å². The molecule has 80 valence electrons. The predicted molar refractivity (Wildman–Crippen MR) is 63.0 cm³/mol. The molecule has 0 saturated heterocycles. The second kappa shape index (κ2) is 5.09. The summed E-state index contributed by atoms with van der Waals surface area (Å²) < 4.78 is 0. The minimum atomic E-state index is 0.368. The summed E-state index contributed by atoms with van der Waals surface area (Å²) in [5.74, 6) is 1.03. The van der Waals surface area contributed by atoms with Crippen LogP contribution in [0.2, 0.25) is 0 Å². The molecule has 2 aromatic rings. The van der Waals surface area contributed by atoms with Crippen LogP contribution in [-0.2, 0) is 6.42 Å². The molecule has 0 bridgehead atoms. The van der Waals surface area contributed by atoms with Crippen molar-refractivity contribution in [3.05, 3.63) is 40.6 Å². The Bertz CT molecular complexity index is 366. The number of H-pyrrole nitrogens is 1. The summed E-state index contributed by atoms with van der Waals surface area (Å²) in [6.07, 6.45) is 4.58. The molecular formula is C11H15N3S. The van der Waals surface area contributed by atoms with Crippen molar-refractivity contribution in [2.24, 2.45) is 0 Å². The Labute approximate surface area is 93.6 Å². The zero-order chi connectivity index (χ0) is 10.5. The quantitative estimate of drug-likeness (QED) is 0.813. The molecule has 2 rings (SSSR count). The van der Waals surface area contributed by atoms with Gasteiger partial charge in [0.25, 0.3) is 0 Å². The van der Waals surface area contributed by atoms with Crippen molar-refractivity contribution in [3.8, 4) is 0 Å². The lowest BCUT2D eigenvalue weighted by Gasteiger charge is -2.15. The minimum absolute atomic E-state index is 0.368. The second-order valence-corrected chi connectivity index (χ2v) is 4.19. The lowest BCUT2D eigenvalue weighted by molar-refractivity contribution is 0.540. The molecule has 0 aliphatic rings. The first kappa shape index (κ1) is 10.4. The zero-order valence-corrected chi connectivity index (χ0v) is 9.55. The van der Waals surface area contributed by atoms with E-state index in [1.54, 1.807) is 17.5 Å². The molecule has 4 heteroatoms. The van der Waals surface area contributed by atoms with Crippen LogP contribution in [0.25, 0.3) is 0 Å². The summed E-state index contributed by atoms with van der Waals surface area (Å²) in [5, 5.41) is 7.77. The van der Waals surface area contributed by atoms with E-state index in [0.717, 1.165) is 18.8 Å². The SMILES string of the molecule is CCNC(Cc1ncc[nH]1)c1ccsc1. The topological polar surface area (TPSA) is 40.7 Å². The first-order valence-corrected chi connectivity index (χ1v) is 6.08. The van der Waals surface area contributed by atoms with Crippen LogP contribution in [0.15, 0.2) is 29.2 Å². The summed E-state index contributed by atoms with van der Waals surface area (Å²) in [5.41, 5.74) is 1.35. The van der Waals surface area contributed by atoms with Crippen LogP contribution in [0.1, 0.15) is 24.4 Å². The van der Waals surface area contributed by atoms with E-state index in [-0.39, 0.29) is 0 Å². The Hall–Kier alpha value is -1.13. The van der Waals surface area contributed by atoms with Crippen molar-refractivity contribution in [1.29, 1.82) is 0 Å². The molecule has 0 radical (unpaired) electrons. The number of imidazole rings is 1. The largest absolute Gasteiger partial charge is 0.349 e. The van der Waals surface area contributed by atoms with Crippen LogP contribution in [-0.4, -0.2) is 16.5 Å². The number of aromatic amines is 1. The molecule has 0 aliphatic carbocycles. The lowest BCUT2D eigenvalue weighted by atomic mass is 10.1. The van der Waals surface area contributed by atoms with E-state index in [1.807, 2.05) is 6.20 Å². The summed E-state index contributed by atoms with van der Waals surface area (Å²) in [6, 6.07) is 2.54. The maximum absolute atomic E-state index is 4.26. The predicted octanol–water partition coefficient (Wildman–Crippen LogP) is 2.36. The Morgan fingerprint density at radius 2 is 2.53 bits per heavy atom. The van der Waals surface area contributed by atoms with Gasteiger partial charge in [-0.1, -0.05) is 6.92 Å². The summed E-state index contributed by atoms with van der Waals surface area (Å²) >= 11 is 1.74. The van der Waals surface area contributed by atoms with E-state index >= 15 is 0 Å². The number of hydrogen-bond acceptors (Lipinski definition) is 3. The van der Waals surface area contributed by atoms with Crippen LogP contribution in [0.4, 0.5) is 0 Å². The fourth-order valence-electron chi connectivity index (χ4n) is 1.63. The molecule has 0 saturated carbocycles. The van der Waals surface area contributed by atoms with Gasteiger partial charge in [0.2, 0.25) is 0 Å². The van der Waals surface area contributed by atoms with Gasteiger partial charge < -0.3 is 10.3 Å². The Morgan fingerprint density at radius 1 is 1.60 bits per heavy atom. The van der Waals surface area contributed by atoms with E-state index in [2.05, 4.69) is 39.0 Å². The second-order valence-electron chi connectivity index (χ2n) is 3.41. The number of likely N-dealkylation sites (N-methyl/N-ethyl adjacent to an activating group) is 1. The van der Waals surface area contributed by atoms with E-state index in [0.29, 0.717) is 6.04 Å². The Morgan fingerprint density at radius 3 is 3.13 bits per heavy atom. The van der Waals surface area contributed by atoms with Crippen molar-refractivity contribution in [3.63, 3.8) is 0 Å². The molecule has 3 nitrogen and oxygen atoms in total. The Kier molecular flexibility index (Phi) is 3.53. The average molecular weight is 221 g/mol. The van der Waals surface area contributed by atoms with Crippen LogP contribution in [0.3, 0.4) is 0 Å². The number of nitrogens with zero attached hydrogens (tertiary/aromatic N) is 1. The number of thiophene rings is 1. The first-order chi connectivity index (χ1) is 7.40. The lowest BCUT2D eigenvalue weighted by Crippen LogP contribution is -2.22. The first-order valence-electron chi connectivity index (χ1n) is 5.14. The van der Waals surface area contributed by atoms with Gasteiger partial charge in [-0.05, 0) is 28.9 Å². The number of aromatic nitrogens is 2. The van der Waals surface area contributed by atoms with Gasteiger partial charge in [0.15, 0.2) is 0 Å². The molecule has 0 spiro atoms. The van der Waals surface area contributed by atoms with Crippen molar-refractivity contribution in [2.75, 3.05) is 6.54 Å². The van der Waals surface area contributed by atoms with E-state index in [9.17, 15) is 0 Å². The molecule has 2 N–H and O–H groups in total. The van der Waals surface area contributed by atoms with Gasteiger partial charge in [-0.25, -0.2) is 4.98 Å². The van der Waals surface area contributed by atoms with Gasteiger partial charge in [-0.2, -0.15) is 11.3 Å². The molecule has 0 aliphatic heterocycles. The van der Waals surface area contributed by atoms with Crippen molar-refractivity contribution in [2.45, 2.75) is 19.4 Å². The smallest absolute Gasteiger partial charge is 0.107 e. The molecule has 0 aromatic carbocycles. The van der Waals surface area contributed by atoms with E-state index in [1.165, 1.54) is 5.56 Å². The van der Waals surface area contributed by atoms with Gasteiger partial charge >= 0.3 is 0 Å². The van der Waals surface area contributed by atoms with Gasteiger partial charge in [-0.3, -0.25) is 0 Å². The van der Waals surface area contributed by atoms with Crippen molar-refractivity contribution < 1.29 is 0 Å². The molecular weight excluding hydrogens is 206 g/mol.